The van der Waals surface area contributed by atoms with Crippen molar-refractivity contribution in [3.63, 3.8) is 0 Å². The third-order valence-corrected chi connectivity index (χ3v) is 3.00. The van der Waals surface area contributed by atoms with E-state index in [1.807, 2.05) is 23.6 Å². The standard InChI is InChI=1S/C9H10BrNOS/c1-7(12)11-4-2-3-9-5-8(10)6-13-9/h2-3,5-6H,4H2,1H3,(H,11,12). The highest BCUT2D eigenvalue weighted by Gasteiger charge is 1.91. The van der Waals surface area contributed by atoms with Gasteiger partial charge in [-0.25, -0.2) is 0 Å². The summed E-state index contributed by atoms with van der Waals surface area (Å²) in [7, 11) is 0. The summed E-state index contributed by atoms with van der Waals surface area (Å²) in [5.74, 6) is -0.00277. The number of carbonyl (C=O) groups excluding carboxylic acids is 1. The summed E-state index contributed by atoms with van der Waals surface area (Å²) in [5, 5.41) is 4.72. The van der Waals surface area contributed by atoms with Crippen molar-refractivity contribution in [3.8, 4) is 0 Å². The van der Waals surface area contributed by atoms with E-state index in [2.05, 4.69) is 21.2 Å². The van der Waals surface area contributed by atoms with Gasteiger partial charge in [0.2, 0.25) is 5.91 Å². The first kappa shape index (κ1) is 10.5. The lowest BCUT2D eigenvalue weighted by Crippen LogP contribution is -2.19. The van der Waals surface area contributed by atoms with Crippen LogP contribution in [-0.4, -0.2) is 12.5 Å². The normalized spacial score (nSPS) is 10.6. The Kier molecular flexibility index (Phi) is 4.18. The van der Waals surface area contributed by atoms with Gasteiger partial charge in [-0.1, -0.05) is 6.08 Å². The largest absolute Gasteiger partial charge is 0.353 e. The van der Waals surface area contributed by atoms with E-state index in [1.165, 1.54) is 11.8 Å². The van der Waals surface area contributed by atoms with E-state index < -0.39 is 0 Å². The van der Waals surface area contributed by atoms with E-state index in [-0.39, 0.29) is 5.91 Å². The molecule has 0 unspecified atom stereocenters. The van der Waals surface area contributed by atoms with Crippen molar-refractivity contribution >= 4 is 39.2 Å². The molecule has 0 radical (unpaired) electrons. The third kappa shape index (κ3) is 4.24. The molecular formula is C9H10BrNOS. The highest BCUT2D eigenvalue weighted by molar-refractivity contribution is 9.10. The van der Waals surface area contributed by atoms with E-state index in [0.717, 1.165) is 4.47 Å². The Morgan fingerprint density at radius 1 is 1.77 bits per heavy atom. The lowest BCUT2D eigenvalue weighted by Gasteiger charge is -1.93. The molecular weight excluding hydrogens is 250 g/mol. The Morgan fingerprint density at radius 3 is 3.08 bits per heavy atom. The Bertz CT molecular complexity index is 319. The predicted octanol–water partition coefficient (Wildman–Crippen LogP) is 2.66. The van der Waals surface area contributed by atoms with Crippen molar-refractivity contribution in [1.29, 1.82) is 0 Å². The number of carbonyl (C=O) groups is 1. The zero-order valence-corrected chi connectivity index (χ0v) is 9.61. The molecule has 0 aromatic carbocycles. The Hall–Kier alpha value is -0.610. The van der Waals surface area contributed by atoms with Crippen LogP contribution < -0.4 is 5.32 Å². The maximum Gasteiger partial charge on any atom is 0.217 e. The molecule has 1 N–H and O–H groups in total. The van der Waals surface area contributed by atoms with Crippen molar-refractivity contribution in [2.45, 2.75) is 6.92 Å². The molecule has 0 saturated heterocycles. The average molecular weight is 260 g/mol. The monoisotopic (exact) mass is 259 g/mol. The average Bonchev–Trinajstić information content (AvgIpc) is 2.45. The molecule has 70 valence electrons. The van der Waals surface area contributed by atoms with Crippen LogP contribution in [0, 0.1) is 0 Å². The van der Waals surface area contributed by atoms with Crippen LogP contribution in [0.5, 0.6) is 0 Å². The highest BCUT2D eigenvalue weighted by Crippen LogP contribution is 2.20. The molecule has 0 aliphatic rings. The summed E-state index contributed by atoms with van der Waals surface area (Å²) in [6, 6.07) is 2.04. The lowest BCUT2D eigenvalue weighted by molar-refractivity contribution is -0.118. The summed E-state index contributed by atoms with van der Waals surface area (Å²) in [6.07, 6.45) is 3.92. The van der Waals surface area contributed by atoms with Crippen LogP contribution >= 0.6 is 27.3 Å². The van der Waals surface area contributed by atoms with Gasteiger partial charge in [0.1, 0.15) is 0 Å². The molecule has 1 amide bonds. The number of hydrogen-bond donors (Lipinski definition) is 1. The molecule has 4 heteroatoms. The predicted molar refractivity (Wildman–Crippen MR) is 59.7 cm³/mol. The zero-order valence-electron chi connectivity index (χ0n) is 7.21. The van der Waals surface area contributed by atoms with Crippen molar-refractivity contribution in [3.05, 3.63) is 26.9 Å². The van der Waals surface area contributed by atoms with Crippen molar-refractivity contribution in [2.24, 2.45) is 0 Å². The number of thiophene rings is 1. The first-order valence-electron chi connectivity index (χ1n) is 3.83. The van der Waals surface area contributed by atoms with Crippen LogP contribution in [-0.2, 0) is 4.79 Å². The Balaban J connectivity index is 2.36. The quantitative estimate of drug-likeness (QED) is 0.889. The second kappa shape index (κ2) is 5.19. The molecule has 1 heterocycles. The highest BCUT2D eigenvalue weighted by atomic mass is 79.9. The van der Waals surface area contributed by atoms with Gasteiger partial charge in [-0.05, 0) is 28.1 Å². The molecule has 0 spiro atoms. The number of amides is 1. The first-order valence-corrected chi connectivity index (χ1v) is 5.51. The summed E-state index contributed by atoms with van der Waals surface area (Å²) in [5.41, 5.74) is 0. The Labute approximate surface area is 89.8 Å². The van der Waals surface area contributed by atoms with Crippen molar-refractivity contribution in [2.75, 3.05) is 6.54 Å². The van der Waals surface area contributed by atoms with Crippen molar-refractivity contribution in [1.82, 2.24) is 5.32 Å². The molecule has 0 aliphatic heterocycles. The molecule has 0 bridgehead atoms. The summed E-state index contributed by atoms with van der Waals surface area (Å²) in [6.45, 7) is 2.10. The smallest absolute Gasteiger partial charge is 0.217 e. The van der Waals surface area contributed by atoms with Crippen LogP contribution in [0.15, 0.2) is 22.0 Å². The van der Waals surface area contributed by atoms with Crippen LogP contribution in [0.4, 0.5) is 0 Å². The maximum absolute atomic E-state index is 10.5. The third-order valence-electron chi connectivity index (χ3n) is 1.34. The van der Waals surface area contributed by atoms with E-state index in [9.17, 15) is 4.79 Å². The number of rotatable bonds is 3. The zero-order chi connectivity index (χ0) is 9.68. The molecule has 1 aromatic heterocycles. The van der Waals surface area contributed by atoms with Gasteiger partial charge in [-0.15, -0.1) is 11.3 Å². The van der Waals surface area contributed by atoms with Gasteiger partial charge in [0.05, 0.1) is 0 Å². The van der Waals surface area contributed by atoms with Crippen LogP contribution in [0.25, 0.3) is 6.08 Å². The van der Waals surface area contributed by atoms with Gasteiger partial charge in [0.25, 0.3) is 0 Å². The van der Waals surface area contributed by atoms with Gasteiger partial charge < -0.3 is 5.32 Å². The molecule has 1 rings (SSSR count). The molecule has 1 aromatic rings. The molecule has 0 aliphatic carbocycles. The van der Waals surface area contributed by atoms with E-state index in [0.29, 0.717) is 6.54 Å². The van der Waals surface area contributed by atoms with Gasteiger partial charge in [-0.3, -0.25) is 4.79 Å². The summed E-state index contributed by atoms with van der Waals surface area (Å²) >= 11 is 5.03. The second-order valence-electron chi connectivity index (χ2n) is 2.51. The topological polar surface area (TPSA) is 29.1 Å². The van der Waals surface area contributed by atoms with E-state index >= 15 is 0 Å². The van der Waals surface area contributed by atoms with Crippen LogP contribution in [0.2, 0.25) is 0 Å². The number of halogens is 1. The SMILES string of the molecule is CC(=O)NCC=Cc1cc(Br)cs1. The second-order valence-corrected chi connectivity index (χ2v) is 4.37. The maximum atomic E-state index is 10.5. The fourth-order valence-electron chi connectivity index (χ4n) is 0.793. The molecule has 0 atom stereocenters. The minimum atomic E-state index is -0.00277. The van der Waals surface area contributed by atoms with Gasteiger partial charge in [-0.2, -0.15) is 0 Å². The number of nitrogens with one attached hydrogen (secondary N) is 1. The lowest BCUT2D eigenvalue weighted by atomic mass is 10.4. The Morgan fingerprint density at radius 2 is 2.54 bits per heavy atom. The summed E-state index contributed by atoms with van der Waals surface area (Å²) < 4.78 is 1.09. The van der Waals surface area contributed by atoms with Crippen LogP contribution in [0.1, 0.15) is 11.8 Å². The number of hydrogen-bond acceptors (Lipinski definition) is 2. The van der Waals surface area contributed by atoms with E-state index in [1.54, 1.807) is 11.3 Å². The fraction of sp³-hybridized carbons (Fsp3) is 0.222. The van der Waals surface area contributed by atoms with Gasteiger partial charge in [0.15, 0.2) is 0 Å². The van der Waals surface area contributed by atoms with Crippen molar-refractivity contribution < 1.29 is 4.79 Å². The first-order chi connectivity index (χ1) is 6.18. The molecule has 13 heavy (non-hydrogen) atoms. The molecule has 2 nitrogen and oxygen atoms in total. The minimum absolute atomic E-state index is 0.00277. The van der Waals surface area contributed by atoms with E-state index in [4.69, 9.17) is 0 Å². The fourth-order valence-corrected chi connectivity index (χ4v) is 2.16. The van der Waals surface area contributed by atoms with Crippen LogP contribution in [0.3, 0.4) is 0 Å². The molecule has 0 fully saturated rings. The molecule has 0 saturated carbocycles. The van der Waals surface area contributed by atoms with Gasteiger partial charge >= 0.3 is 0 Å². The van der Waals surface area contributed by atoms with Gasteiger partial charge in [0, 0.05) is 28.2 Å². The summed E-state index contributed by atoms with van der Waals surface area (Å²) in [4.78, 5) is 11.7. The minimum Gasteiger partial charge on any atom is -0.353 e.